The molecule has 2 nitrogen and oxygen atoms in total. The Labute approximate surface area is 91.5 Å². The average Bonchev–Trinajstić information content (AvgIpc) is 2.29. The Morgan fingerprint density at radius 2 is 1.80 bits per heavy atom. The molecule has 0 aromatic heterocycles. The molecule has 1 unspecified atom stereocenters. The van der Waals surface area contributed by atoms with E-state index in [1.54, 1.807) is 0 Å². The van der Waals surface area contributed by atoms with Crippen LogP contribution in [0, 0.1) is 5.92 Å². The van der Waals surface area contributed by atoms with Crippen molar-refractivity contribution in [2.75, 3.05) is 6.54 Å². The fourth-order valence-corrected chi connectivity index (χ4v) is 1.40. The van der Waals surface area contributed by atoms with Crippen LogP contribution in [0.2, 0.25) is 0 Å². The number of nitrogens with two attached hydrogens (primary N) is 1. The van der Waals surface area contributed by atoms with E-state index >= 15 is 0 Å². The Balaban J connectivity index is 2.61. The van der Waals surface area contributed by atoms with Crippen LogP contribution in [0.5, 0.6) is 0 Å². The molecule has 1 rings (SSSR count). The zero-order valence-electron chi connectivity index (χ0n) is 9.49. The van der Waals surface area contributed by atoms with E-state index in [0.717, 1.165) is 12.0 Å². The van der Waals surface area contributed by atoms with Gasteiger partial charge in [0.25, 0.3) is 0 Å². The van der Waals surface area contributed by atoms with Crippen molar-refractivity contribution in [3.8, 4) is 0 Å². The van der Waals surface area contributed by atoms with Gasteiger partial charge < -0.3 is 5.73 Å². The third-order valence-electron chi connectivity index (χ3n) is 2.71. The third-order valence-corrected chi connectivity index (χ3v) is 2.71. The lowest BCUT2D eigenvalue weighted by molar-refractivity contribution is -0.121. The summed E-state index contributed by atoms with van der Waals surface area (Å²) in [5, 5.41) is 0. The van der Waals surface area contributed by atoms with Crippen LogP contribution < -0.4 is 5.73 Å². The maximum Gasteiger partial charge on any atom is 0.141 e. The Hall–Kier alpha value is -1.15. The van der Waals surface area contributed by atoms with E-state index in [9.17, 15) is 4.79 Å². The highest BCUT2D eigenvalue weighted by Gasteiger charge is 2.11. The normalized spacial score (nSPS) is 12.5. The molecule has 82 valence electrons. The van der Waals surface area contributed by atoms with Gasteiger partial charge in [-0.1, -0.05) is 38.1 Å². The van der Waals surface area contributed by atoms with Crippen LogP contribution in [-0.4, -0.2) is 12.3 Å². The summed E-state index contributed by atoms with van der Waals surface area (Å²) < 4.78 is 0. The maximum atomic E-state index is 11.6. The minimum atomic E-state index is -0.0316. The van der Waals surface area contributed by atoms with Crippen LogP contribution in [-0.2, 0) is 17.6 Å². The highest BCUT2D eigenvalue weighted by Crippen LogP contribution is 2.08. The van der Waals surface area contributed by atoms with E-state index in [4.69, 9.17) is 5.73 Å². The van der Waals surface area contributed by atoms with Crippen LogP contribution in [0.15, 0.2) is 24.3 Å². The van der Waals surface area contributed by atoms with Gasteiger partial charge in [0.1, 0.15) is 5.78 Å². The molecule has 0 fully saturated rings. The molecule has 0 spiro atoms. The second-order valence-corrected chi connectivity index (χ2v) is 3.95. The lowest BCUT2D eigenvalue weighted by atomic mass is 9.99. The van der Waals surface area contributed by atoms with Gasteiger partial charge in [0.05, 0.1) is 0 Å². The number of carbonyl (C=O) groups excluding carboxylic acids is 1. The van der Waals surface area contributed by atoms with Crippen LogP contribution in [0.3, 0.4) is 0 Å². The fourth-order valence-electron chi connectivity index (χ4n) is 1.40. The van der Waals surface area contributed by atoms with Crippen molar-refractivity contribution in [3.63, 3.8) is 0 Å². The van der Waals surface area contributed by atoms with Gasteiger partial charge in [-0.05, 0) is 17.5 Å². The van der Waals surface area contributed by atoms with Crippen molar-refractivity contribution in [1.29, 1.82) is 0 Å². The molecule has 1 atom stereocenters. The van der Waals surface area contributed by atoms with Crippen molar-refractivity contribution < 1.29 is 4.79 Å². The van der Waals surface area contributed by atoms with E-state index in [0.29, 0.717) is 13.0 Å². The summed E-state index contributed by atoms with van der Waals surface area (Å²) in [5.41, 5.74) is 7.84. The SMILES string of the molecule is CCc1ccc(CC(=O)C(C)CN)cc1. The van der Waals surface area contributed by atoms with Gasteiger partial charge in [-0.25, -0.2) is 0 Å². The molecule has 0 bridgehead atoms. The fraction of sp³-hybridized carbons (Fsp3) is 0.462. The second kappa shape index (κ2) is 5.66. The van der Waals surface area contributed by atoms with E-state index < -0.39 is 0 Å². The molecule has 0 aliphatic carbocycles. The lowest BCUT2D eigenvalue weighted by Gasteiger charge is -2.07. The van der Waals surface area contributed by atoms with Crippen LogP contribution in [0.4, 0.5) is 0 Å². The first-order valence-corrected chi connectivity index (χ1v) is 5.48. The van der Waals surface area contributed by atoms with Gasteiger partial charge in [0, 0.05) is 18.9 Å². The number of benzene rings is 1. The Bertz CT molecular complexity index is 316. The Morgan fingerprint density at radius 1 is 1.27 bits per heavy atom. The summed E-state index contributed by atoms with van der Waals surface area (Å²) in [6.07, 6.45) is 1.54. The van der Waals surface area contributed by atoms with Crippen molar-refractivity contribution >= 4 is 5.78 Å². The minimum absolute atomic E-state index is 0.0316. The average molecular weight is 205 g/mol. The van der Waals surface area contributed by atoms with E-state index in [1.807, 2.05) is 19.1 Å². The van der Waals surface area contributed by atoms with Gasteiger partial charge >= 0.3 is 0 Å². The molecule has 2 N–H and O–H groups in total. The highest BCUT2D eigenvalue weighted by molar-refractivity contribution is 5.83. The highest BCUT2D eigenvalue weighted by atomic mass is 16.1. The van der Waals surface area contributed by atoms with Gasteiger partial charge in [0.15, 0.2) is 0 Å². The molecule has 1 aromatic rings. The molecule has 0 saturated heterocycles. The zero-order chi connectivity index (χ0) is 11.3. The maximum absolute atomic E-state index is 11.6. The van der Waals surface area contributed by atoms with E-state index in [2.05, 4.69) is 19.1 Å². The summed E-state index contributed by atoms with van der Waals surface area (Å²) in [5.74, 6) is 0.192. The monoisotopic (exact) mass is 205 g/mol. The van der Waals surface area contributed by atoms with Crippen molar-refractivity contribution in [2.24, 2.45) is 11.7 Å². The number of ketones is 1. The quantitative estimate of drug-likeness (QED) is 0.798. The third kappa shape index (κ3) is 3.48. The van der Waals surface area contributed by atoms with Crippen LogP contribution in [0.1, 0.15) is 25.0 Å². The molecular weight excluding hydrogens is 186 g/mol. The summed E-state index contributed by atoms with van der Waals surface area (Å²) in [4.78, 5) is 11.6. The summed E-state index contributed by atoms with van der Waals surface area (Å²) in [7, 11) is 0. The predicted octanol–water partition coefficient (Wildman–Crippen LogP) is 1.96. The van der Waals surface area contributed by atoms with E-state index in [1.165, 1.54) is 5.56 Å². The molecule has 0 aliphatic heterocycles. The Kier molecular flexibility index (Phi) is 4.50. The van der Waals surface area contributed by atoms with E-state index in [-0.39, 0.29) is 11.7 Å². The van der Waals surface area contributed by atoms with Crippen LogP contribution >= 0.6 is 0 Å². The topological polar surface area (TPSA) is 43.1 Å². The largest absolute Gasteiger partial charge is 0.330 e. The number of hydrogen-bond donors (Lipinski definition) is 1. The molecule has 0 saturated carbocycles. The smallest absolute Gasteiger partial charge is 0.141 e. The molecule has 0 aliphatic rings. The number of hydrogen-bond acceptors (Lipinski definition) is 2. The van der Waals surface area contributed by atoms with Gasteiger partial charge in [-0.2, -0.15) is 0 Å². The summed E-state index contributed by atoms with van der Waals surface area (Å²) in [6, 6.07) is 8.21. The minimum Gasteiger partial charge on any atom is -0.330 e. The molecule has 0 amide bonds. The first-order chi connectivity index (χ1) is 7.17. The summed E-state index contributed by atoms with van der Waals surface area (Å²) >= 11 is 0. The van der Waals surface area contributed by atoms with Crippen molar-refractivity contribution in [3.05, 3.63) is 35.4 Å². The van der Waals surface area contributed by atoms with Gasteiger partial charge in [0.2, 0.25) is 0 Å². The predicted molar refractivity (Wildman–Crippen MR) is 62.7 cm³/mol. The number of rotatable bonds is 5. The molecular formula is C13H19NO. The molecule has 0 heterocycles. The van der Waals surface area contributed by atoms with Crippen molar-refractivity contribution in [2.45, 2.75) is 26.7 Å². The zero-order valence-corrected chi connectivity index (χ0v) is 9.49. The number of Topliss-reactive ketones (excluding diaryl/α,β-unsaturated/α-hetero) is 1. The van der Waals surface area contributed by atoms with Gasteiger partial charge in [-0.3, -0.25) is 4.79 Å². The number of carbonyl (C=O) groups is 1. The van der Waals surface area contributed by atoms with Crippen LogP contribution in [0.25, 0.3) is 0 Å². The lowest BCUT2D eigenvalue weighted by Crippen LogP contribution is -2.22. The first kappa shape index (κ1) is 11.9. The van der Waals surface area contributed by atoms with Crippen molar-refractivity contribution in [1.82, 2.24) is 0 Å². The first-order valence-electron chi connectivity index (χ1n) is 5.48. The Morgan fingerprint density at radius 3 is 2.27 bits per heavy atom. The standard InChI is InChI=1S/C13H19NO/c1-3-11-4-6-12(7-5-11)8-13(15)10(2)9-14/h4-7,10H,3,8-9,14H2,1-2H3. The van der Waals surface area contributed by atoms with Gasteiger partial charge in [-0.15, -0.1) is 0 Å². The molecule has 0 radical (unpaired) electrons. The summed E-state index contributed by atoms with van der Waals surface area (Å²) in [6.45, 7) is 4.44. The molecule has 2 heteroatoms. The number of aryl methyl sites for hydroxylation is 1. The second-order valence-electron chi connectivity index (χ2n) is 3.95. The molecule has 1 aromatic carbocycles. The molecule has 15 heavy (non-hydrogen) atoms.